The van der Waals surface area contributed by atoms with Gasteiger partial charge < -0.3 is 0 Å². The Bertz CT molecular complexity index is 238. The lowest BCUT2D eigenvalue weighted by atomic mass is 9.67. The van der Waals surface area contributed by atoms with Crippen molar-refractivity contribution in [3.05, 3.63) is 0 Å². The maximum atomic E-state index is 12.7. The normalized spacial score (nSPS) is 23.1. The first-order chi connectivity index (χ1) is 7.51. The largest absolute Gasteiger partial charge is 0.403 e. The Balaban J connectivity index is 2.92. The van der Waals surface area contributed by atoms with Gasteiger partial charge in [0, 0.05) is 0 Å². The van der Waals surface area contributed by atoms with E-state index in [0.717, 1.165) is 0 Å². The first kappa shape index (κ1) is 14.6. The Morgan fingerprint density at radius 3 is 1.47 bits per heavy atom. The fourth-order valence-corrected chi connectivity index (χ4v) is 2.53. The molecule has 0 N–H and O–H groups in total. The highest BCUT2D eigenvalue weighted by molar-refractivity contribution is 4.97. The zero-order valence-electron chi connectivity index (χ0n) is 9.75. The van der Waals surface area contributed by atoms with Crippen LogP contribution in [0, 0.1) is 17.3 Å². The Hall–Kier alpha value is -0.420. The maximum Gasteiger partial charge on any atom is 0.403 e. The highest BCUT2D eigenvalue weighted by Crippen LogP contribution is 2.59. The average molecular weight is 262 g/mol. The van der Waals surface area contributed by atoms with Gasteiger partial charge in [-0.15, -0.1) is 0 Å². The molecule has 0 unspecified atom stereocenters. The van der Waals surface area contributed by atoms with E-state index in [1.54, 1.807) is 0 Å². The number of hydrogen-bond acceptors (Lipinski definition) is 0. The molecule has 0 nitrogen and oxygen atoms in total. The number of hydrogen-bond donors (Lipinski definition) is 0. The van der Waals surface area contributed by atoms with Crippen LogP contribution in [0.4, 0.5) is 26.3 Å². The molecule has 0 spiro atoms. The molecule has 0 aromatic carbocycles. The first-order valence-corrected chi connectivity index (χ1v) is 5.65. The van der Waals surface area contributed by atoms with Crippen LogP contribution in [-0.2, 0) is 0 Å². The Kier molecular flexibility index (Phi) is 3.75. The summed E-state index contributed by atoms with van der Waals surface area (Å²) in [5.41, 5.74) is -3.48. The van der Waals surface area contributed by atoms with Crippen molar-refractivity contribution in [2.75, 3.05) is 0 Å². The Morgan fingerprint density at radius 2 is 1.24 bits per heavy atom. The molecule has 0 bridgehead atoms. The zero-order chi connectivity index (χ0) is 13.5. The third kappa shape index (κ3) is 2.55. The number of rotatable bonds is 1. The molecule has 1 fully saturated rings. The van der Waals surface area contributed by atoms with E-state index in [1.807, 2.05) is 13.8 Å². The molecular weight excluding hydrogens is 246 g/mol. The molecule has 1 aliphatic rings. The monoisotopic (exact) mass is 262 g/mol. The van der Waals surface area contributed by atoms with Gasteiger partial charge in [-0.25, -0.2) is 0 Å². The van der Waals surface area contributed by atoms with Crippen molar-refractivity contribution < 1.29 is 26.3 Å². The molecule has 1 saturated carbocycles. The zero-order valence-corrected chi connectivity index (χ0v) is 9.75. The third-order valence-electron chi connectivity index (χ3n) is 3.91. The Labute approximate surface area is 96.4 Å². The van der Waals surface area contributed by atoms with Crippen LogP contribution >= 0.6 is 0 Å². The summed E-state index contributed by atoms with van der Waals surface area (Å²) in [6, 6.07) is 0. The summed E-state index contributed by atoms with van der Waals surface area (Å²) in [6.45, 7) is 3.66. The third-order valence-corrected chi connectivity index (χ3v) is 3.91. The van der Waals surface area contributed by atoms with E-state index < -0.39 is 30.6 Å². The minimum atomic E-state index is -5.20. The molecular formula is C11H16F6. The second kappa shape index (κ2) is 4.35. The molecule has 0 saturated heterocycles. The van der Waals surface area contributed by atoms with E-state index in [0.29, 0.717) is 0 Å². The van der Waals surface area contributed by atoms with E-state index in [4.69, 9.17) is 0 Å². The fourth-order valence-electron chi connectivity index (χ4n) is 2.53. The predicted molar refractivity (Wildman–Crippen MR) is 51.3 cm³/mol. The van der Waals surface area contributed by atoms with Gasteiger partial charge in [0.25, 0.3) is 0 Å². The van der Waals surface area contributed by atoms with Crippen LogP contribution in [0.25, 0.3) is 0 Å². The fraction of sp³-hybridized carbons (Fsp3) is 1.00. The van der Waals surface area contributed by atoms with Crippen molar-refractivity contribution in [3.8, 4) is 0 Å². The topological polar surface area (TPSA) is 0 Å². The van der Waals surface area contributed by atoms with Gasteiger partial charge in [-0.1, -0.05) is 13.8 Å². The van der Waals surface area contributed by atoms with Crippen molar-refractivity contribution in [2.45, 2.75) is 51.9 Å². The van der Waals surface area contributed by atoms with Gasteiger partial charge in [0.1, 0.15) is 0 Å². The molecule has 0 aromatic heterocycles. The molecule has 6 heteroatoms. The second-order valence-corrected chi connectivity index (χ2v) is 5.16. The van der Waals surface area contributed by atoms with E-state index in [-0.39, 0.29) is 24.7 Å². The van der Waals surface area contributed by atoms with E-state index in [2.05, 4.69) is 0 Å². The summed E-state index contributed by atoms with van der Waals surface area (Å²) in [5, 5.41) is 0. The molecule has 0 heterocycles. The van der Waals surface area contributed by atoms with Crippen molar-refractivity contribution >= 4 is 0 Å². The van der Waals surface area contributed by atoms with Gasteiger partial charge in [-0.3, -0.25) is 0 Å². The lowest BCUT2D eigenvalue weighted by Gasteiger charge is -2.43. The predicted octanol–water partition coefficient (Wildman–Crippen LogP) is 4.94. The van der Waals surface area contributed by atoms with Crippen LogP contribution in [0.15, 0.2) is 0 Å². The maximum absolute atomic E-state index is 12.7. The van der Waals surface area contributed by atoms with Crippen LogP contribution < -0.4 is 0 Å². The van der Waals surface area contributed by atoms with Gasteiger partial charge >= 0.3 is 12.4 Å². The molecule has 0 radical (unpaired) electrons. The van der Waals surface area contributed by atoms with Crippen molar-refractivity contribution in [1.82, 2.24) is 0 Å². The van der Waals surface area contributed by atoms with Gasteiger partial charge in [-0.2, -0.15) is 26.3 Å². The smallest absolute Gasteiger partial charge is 0.170 e. The van der Waals surface area contributed by atoms with Gasteiger partial charge in [0.15, 0.2) is 5.41 Å². The SMILES string of the molecule is CC(C)C1CCC(C(F)(F)F)(C(F)(F)F)CC1. The summed E-state index contributed by atoms with van der Waals surface area (Å²) in [4.78, 5) is 0. The highest BCUT2D eigenvalue weighted by Gasteiger charge is 2.70. The summed E-state index contributed by atoms with van der Waals surface area (Å²) in [5.74, 6) is 0.0993. The number of halogens is 6. The van der Waals surface area contributed by atoms with E-state index >= 15 is 0 Å². The van der Waals surface area contributed by atoms with E-state index in [1.165, 1.54) is 0 Å². The minimum Gasteiger partial charge on any atom is -0.170 e. The molecule has 0 atom stereocenters. The standard InChI is InChI=1S/C11H16F6/c1-7(2)8-3-5-9(6-4-8,10(12,13)14)11(15,16)17/h7-8H,3-6H2,1-2H3. The summed E-state index contributed by atoms with van der Waals surface area (Å²) >= 11 is 0. The highest BCUT2D eigenvalue weighted by atomic mass is 19.4. The molecule has 0 aliphatic heterocycles. The molecule has 1 aliphatic carbocycles. The lowest BCUT2D eigenvalue weighted by molar-refractivity contribution is -0.351. The summed E-state index contributed by atoms with van der Waals surface area (Å²) in [7, 11) is 0. The molecule has 17 heavy (non-hydrogen) atoms. The van der Waals surface area contributed by atoms with Crippen LogP contribution in [0.2, 0.25) is 0 Å². The summed E-state index contributed by atoms with van der Waals surface area (Å²) < 4.78 is 76.2. The van der Waals surface area contributed by atoms with Crippen molar-refractivity contribution in [2.24, 2.45) is 17.3 Å². The van der Waals surface area contributed by atoms with Gasteiger partial charge in [-0.05, 0) is 37.5 Å². The lowest BCUT2D eigenvalue weighted by Crippen LogP contribution is -2.52. The molecule has 102 valence electrons. The Morgan fingerprint density at radius 1 is 0.882 bits per heavy atom. The van der Waals surface area contributed by atoms with E-state index in [9.17, 15) is 26.3 Å². The van der Waals surface area contributed by atoms with Crippen molar-refractivity contribution in [3.63, 3.8) is 0 Å². The quantitative estimate of drug-likeness (QED) is 0.587. The van der Waals surface area contributed by atoms with Crippen molar-refractivity contribution in [1.29, 1.82) is 0 Å². The first-order valence-electron chi connectivity index (χ1n) is 5.65. The number of alkyl halides is 6. The van der Waals surface area contributed by atoms with Crippen LogP contribution in [0.5, 0.6) is 0 Å². The van der Waals surface area contributed by atoms with Crippen LogP contribution in [-0.4, -0.2) is 12.4 Å². The van der Waals surface area contributed by atoms with Crippen LogP contribution in [0.1, 0.15) is 39.5 Å². The van der Waals surface area contributed by atoms with Gasteiger partial charge in [0.05, 0.1) is 0 Å². The summed E-state index contributed by atoms with van der Waals surface area (Å²) in [6.07, 6.45) is -12.1. The minimum absolute atomic E-state index is 0.00329. The molecule has 1 rings (SSSR count). The molecule has 0 amide bonds. The van der Waals surface area contributed by atoms with Gasteiger partial charge in [0.2, 0.25) is 0 Å². The average Bonchev–Trinajstić information content (AvgIpc) is 2.14. The van der Waals surface area contributed by atoms with Crippen LogP contribution in [0.3, 0.4) is 0 Å². The second-order valence-electron chi connectivity index (χ2n) is 5.16. The molecule has 0 aromatic rings.